The summed E-state index contributed by atoms with van der Waals surface area (Å²) in [4.78, 5) is 34.2. The fourth-order valence-electron chi connectivity index (χ4n) is 2.69. The van der Waals surface area contributed by atoms with E-state index in [0.717, 1.165) is 11.4 Å². The van der Waals surface area contributed by atoms with Crippen molar-refractivity contribution < 1.29 is 19.2 Å². The number of carbonyl (C=O) groups is 2. The van der Waals surface area contributed by atoms with Crippen molar-refractivity contribution >= 4 is 34.9 Å². The summed E-state index contributed by atoms with van der Waals surface area (Å²) in [5, 5.41) is 18.1. The van der Waals surface area contributed by atoms with E-state index in [1.54, 1.807) is 35.9 Å². The Morgan fingerprint density at radius 2 is 1.77 bits per heavy atom. The van der Waals surface area contributed by atoms with Crippen LogP contribution in [0.15, 0.2) is 48.5 Å². The summed E-state index contributed by atoms with van der Waals surface area (Å²) in [7, 11) is 0. The van der Waals surface area contributed by atoms with Crippen LogP contribution in [0.3, 0.4) is 0 Å². The lowest BCUT2D eigenvalue weighted by Crippen LogP contribution is -2.20. The maximum Gasteiger partial charge on any atom is 0.338 e. The number of nitrogens with zero attached hydrogens (tertiary/aromatic N) is 3. The number of nitro groups is 1. The summed E-state index contributed by atoms with van der Waals surface area (Å²) in [6.07, 6.45) is 0. The van der Waals surface area contributed by atoms with Gasteiger partial charge in [0.25, 0.3) is 11.6 Å². The Hall–Kier alpha value is -3.72. The van der Waals surface area contributed by atoms with Crippen molar-refractivity contribution in [2.24, 2.45) is 0 Å². The van der Waals surface area contributed by atoms with Crippen LogP contribution in [0, 0.1) is 24.0 Å². The second-order valence-corrected chi connectivity index (χ2v) is 6.75. The number of amides is 1. The molecule has 0 atom stereocenters. The standard InChI is InChI=1S/C20H17ClN4O5/c1-12-19(21)13(2)24(23-12)16-7-3-14(4-8-16)20(27)30-11-18(26)22-15-5-9-17(10-6-15)25(28)29/h3-10H,11H2,1-2H3,(H,22,26). The van der Waals surface area contributed by atoms with Gasteiger partial charge >= 0.3 is 5.97 Å². The second kappa shape index (κ2) is 8.75. The largest absolute Gasteiger partial charge is 0.452 e. The highest BCUT2D eigenvalue weighted by molar-refractivity contribution is 6.31. The van der Waals surface area contributed by atoms with Crippen LogP contribution < -0.4 is 5.32 Å². The maximum absolute atomic E-state index is 12.2. The summed E-state index contributed by atoms with van der Waals surface area (Å²) in [6.45, 7) is 3.15. The lowest BCUT2D eigenvalue weighted by Gasteiger charge is -2.08. The molecule has 0 bridgehead atoms. The quantitative estimate of drug-likeness (QED) is 0.362. The third-order valence-corrected chi connectivity index (χ3v) is 4.79. The van der Waals surface area contributed by atoms with E-state index in [2.05, 4.69) is 10.4 Å². The van der Waals surface area contributed by atoms with Crippen LogP contribution >= 0.6 is 11.6 Å². The molecule has 0 unspecified atom stereocenters. The minimum absolute atomic E-state index is 0.0920. The molecule has 1 heterocycles. The molecular formula is C20H17ClN4O5. The highest BCUT2D eigenvalue weighted by Crippen LogP contribution is 2.22. The van der Waals surface area contributed by atoms with Crippen LogP contribution in [0.5, 0.6) is 0 Å². The Bertz CT molecular complexity index is 1110. The van der Waals surface area contributed by atoms with Gasteiger partial charge in [-0.3, -0.25) is 14.9 Å². The van der Waals surface area contributed by atoms with Gasteiger partial charge in [0, 0.05) is 17.8 Å². The van der Waals surface area contributed by atoms with Crippen molar-refractivity contribution in [2.45, 2.75) is 13.8 Å². The highest BCUT2D eigenvalue weighted by Gasteiger charge is 2.14. The minimum atomic E-state index is -0.660. The molecule has 0 radical (unpaired) electrons. The van der Waals surface area contributed by atoms with Gasteiger partial charge in [-0.15, -0.1) is 0 Å². The monoisotopic (exact) mass is 428 g/mol. The molecule has 0 aliphatic carbocycles. The fourth-order valence-corrected chi connectivity index (χ4v) is 2.81. The van der Waals surface area contributed by atoms with Gasteiger partial charge in [-0.1, -0.05) is 11.6 Å². The third kappa shape index (κ3) is 4.64. The summed E-state index contributed by atoms with van der Waals surface area (Å²) in [5.74, 6) is -1.22. The Morgan fingerprint density at radius 1 is 1.13 bits per heavy atom. The molecule has 1 N–H and O–H groups in total. The average Bonchev–Trinajstić information content (AvgIpc) is 3.00. The van der Waals surface area contributed by atoms with E-state index in [-0.39, 0.29) is 11.3 Å². The number of hydrogen-bond acceptors (Lipinski definition) is 6. The van der Waals surface area contributed by atoms with E-state index in [4.69, 9.17) is 16.3 Å². The highest BCUT2D eigenvalue weighted by atomic mass is 35.5. The van der Waals surface area contributed by atoms with Crippen LogP contribution in [-0.2, 0) is 9.53 Å². The van der Waals surface area contributed by atoms with Gasteiger partial charge < -0.3 is 10.1 Å². The lowest BCUT2D eigenvalue weighted by molar-refractivity contribution is -0.384. The van der Waals surface area contributed by atoms with Gasteiger partial charge in [0.15, 0.2) is 6.61 Å². The summed E-state index contributed by atoms with van der Waals surface area (Å²) in [5.41, 5.74) is 2.76. The van der Waals surface area contributed by atoms with E-state index >= 15 is 0 Å². The lowest BCUT2D eigenvalue weighted by atomic mass is 10.2. The Labute approximate surface area is 176 Å². The summed E-state index contributed by atoms with van der Waals surface area (Å²) in [6, 6.07) is 11.8. The zero-order valence-corrected chi connectivity index (χ0v) is 16.8. The van der Waals surface area contributed by atoms with Crippen LogP contribution in [0.25, 0.3) is 5.69 Å². The number of ether oxygens (including phenoxy) is 1. The topological polar surface area (TPSA) is 116 Å². The number of non-ortho nitro benzene ring substituents is 1. The van der Waals surface area contributed by atoms with Crippen molar-refractivity contribution in [1.29, 1.82) is 0 Å². The molecule has 0 saturated carbocycles. The molecule has 10 heteroatoms. The number of hydrogen-bond donors (Lipinski definition) is 1. The second-order valence-electron chi connectivity index (χ2n) is 6.37. The first-order valence-corrected chi connectivity index (χ1v) is 9.17. The predicted octanol–water partition coefficient (Wildman–Crippen LogP) is 3.85. The van der Waals surface area contributed by atoms with Gasteiger partial charge in [0.05, 0.1) is 32.6 Å². The number of nitrogens with one attached hydrogen (secondary N) is 1. The van der Waals surface area contributed by atoms with Crippen LogP contribution in [-0.4, -0.2) is 33.2 Å². The predicted molar refractivity (Wildman–Crippen MR) is 110 cm³/mol. The number of nitro benzene ring substituents is 1. The van der Waals surface area contributed by atoms with Crippen molar-refractivity contribution in [2.75, 3.05) is 11.9 Å². The molecule has 2 aromatic carbocycles. The van der Waals surface area contributed by atoms with Crippen molar-refractivity contribution in [1.82, 2.24) is 9.78 Å². The molecule has 0 aliphatic rings. The van der Waals surface area contributed by atoms with Crippen LogP contribution in [0.2, 0.25) is 5.02 Å². The van der Waals surface area contributed by atoms with Crippen molar-refractivity contribution in [3.63, 3.8) is 0 Å². The number of aryl methyl sites for hydroxylation is 1. The van der Waals surface area contributed by atoms with Gasteiger partial charge in [0.2, 0.25) is 0 Å². The molecule has 30 heavy (non-hydrogen) atoms. The Morgan fingerprint density at radius 3 is 2.30 bits per heavy atom. The van der Waals surface area contributed by atoms with Crippen LogP contribution in [0.1, 0.15) is 21.7 Å². The van der Waals surface area contributed by atoms with Gasteiger partial charge in [-0.05, 0) is 50.2 Å². The molecule has 0 spiro atoms. The molecule has 3 rings (SSSR count). The minimum Gasteiger partial charge on any atom is -0.452 e. The van der Waals surface area contributed by atoms with Gasteiger partial charge in [-0.2, -0.15) is 5.10 Å². The number of esters is 1. The van der Waals surface area contributed by atoms with Crippen molar-refractivity contribution in [3.05, 3.63) is 80.6 Å². The smallest absolute Gasteiger partial charge is 0.338 e. The molecule has 3 aromatic rings. The van der Waals surface area contributed by atoms with E-state index in [1.165, 1.54) is 24.3 Å². The first-order chi connectivity index (χ1) is 14.3. The van der Waals surface area contributed by atoms with Crippen LogP contribution in [0.4, 0.5) is 11.4 Å². The Kier molecular flexibility index (Phi) is 6.12. The fraction of sp³-hybridized carbons (Fsp3) is 0.150. The molecule has 1 amide bonds. The number of rotatable bonds is 6. The normalized spacial score (nSPS) is 10.5. The number of benzene rings is 2. The van der Waals surface area contributed by atoms with Gasteiger partial charge in [0.1, 0.15) is 0 Å². The number of aromatic nitrogens is 2. The zero-order chi connectivity index (χ0) is 21.8. The third-order valence-electron chi connectivity index (χ3n) is 4.25. The maximum atomic E-state index is 12.2. The Balaban J connectivity index is 1.57. The van der Waals surface area contributed by atoms with Gasteiger partial charge in [-0.25, -0.2) is 9.48 Å². The number of anilines is 1. The summed E-state index contributed by atoms with van der Waals surface area (Å²) >= 11 is 6.16. The summed E-state index contributed by atoms with van der Waals surface area (Å²) < 4.78 is 6.68. The zero-order valence-electron chi connectivity index (χ0n) is 16.1. The molecular weight excluding hydrogens is 412 g/mol. The van der Waals surface area contributed by atoms with E-state index in [0.29, 0.717) is 16.4 Å². The molecule has 0 aliphatic heterocycles. The number of halogens is 1. The first kappa shape index (κ1) is 21.0. The first-order valence-electron chi connectivity index (χ1n) is 8.80. The van der Waals surface area contributed by atoms with E-state index in [1.807, 2.05) is 6.92 Å². The van der Waals surface area contributed by atoms with Crippen molar-refractivity contribution in [3.8, 4) is 5.69 Å². The molecule has 154 valence electrons. The van der Waals surface area contributed by atoms with E-state index in [9.17, 15) is 19.7 Å². The number of carbonyl (C=O) groups excluding carboxylic acids is 2. The molecule has 0 saturated heterocycles. The molecule has 9 nitrogen and oxygen atoms in total. The molecule has 0 fully saturated rings. The molecule has 1 aromatic heterocycles. The van der Waals surface area contributed by atoms with E-state index < -0.39 is 23.4 Å². The average molecular weight is 429 g/mol. The SMILES string of the molecule is Cc1nn(-c2ccc(C(=O)OCC(=O)Nc3ccc([N+](=O)[O-])cc3)cc2)c(C)c1Cl.